The highest BCUT2D eigenvalue weighted by molar-refractivity contribution is 6.02. The molecule has 0 aromatic heterocycles. The third-order valence-corrected chi connectivity index (χ3v) is 8.23. The van der Waals surface area contributed by atoms with Gasteiger partial charge in [0.15, 0.2) is 0 Å². The molecular weight excluding hydrogens is 604 g/mol. The number of hydrogen-bond donors (Lipinski definition) is 2. The fourth-order valence-electron chi connectivity index (χ4n) is 6.13. The molecule has 1 aliphatic rings. The highest BCUT2D eigenvalue weighted by Gasteiger charge is 2.34. The zero-order chi connectivity index (χ0) is 33.0. The van der Waals surface area contributed by atoms with Gasteiger partial charge in [-0.1, -0.05) is 61.0 Å². The van der Waals surface area contributed by atoms with Crippen LogP contribution in [0.25, 0.3) is 21.9 Å². The van der Waals surface area contributed by atoms with Gasteiger partial charge < -0.3 is 19.9 Å². The van der Waals surface area contributed by atoms with Crippen LogP contribution in [0.4, 0.5) is 17.6 Å². The van der Waals surface area contributed by atoms with Crippen molar-refractivity contribution in [2.24, 2.45) is 0 Å². The Labute approximate surface area is 263 Å². The predicted molar refractivity (Wildman–Crippen MR) is 165 cm³/mol. The van der Waals surface area contributed by atoms with Crippen LogP contribution < -0.4 is 14.8 Å². The van der Waals surface area contributed by atoms with Crippen molar-refractivity contribution in [2.75, 3.05) is 20.2 Å². The molecule has 1 saturated heterocycles. The molecule has 0 spiro atoms. The van der Waals surface area contributed by atoms with Gasteiger partial charge in [-0.15, -0.1) is 13.2 Å². The SMILES string of the molecule is COc1c(CN2CCCCC2)ccc(OC(F)(F)F)c1-c1cccc2c(C[C@H](NC(=O)c3c(C)cccc3F)C(=O)O)cccc12. The number of halogens is 4. The van der Waals surface area contributed by atoms with Crippen LogP contribution in [0.1, 0.15) is 46.3 Å². The van der Waals surface area contributed by atoms with Gasteiger partial charge in [0.25, 0.3) is 5.91 Å². The first-order chi connectivity index (χ1) is 22.0. The van der Waals surface area contributed by atoms with Crippen LogP contribution in [-0.4, -0.2) is 54.5 Å². The number of piperidine rings is 1. The smallest absolute Gasteiger partial charge is 0.496 e. The molecule has 1 atom stereocenters. The molecule has 0 unspecified atom stereocenters. The highest BCUT2D eigenvalue weighted by atomic mass is 19.4. The average Bonchev–Trinajstić information content (AvgIpc) is 3.01. The minimum absolute atomic E-state index is 0.121. The number of benzene rings is 4. The summed E-state index contributed by atoms with van der Waals surface area (Å²) in [5, 5.41) is 13.5. The number of rotatable bonds is 10. The number of aliphatic carboxylic acids is 1. The molecule has 1 fully saturated rings. The Morgan fingerprint density at radius 2 is 1.63 bits per heavy atom. The number of aryl methyl sites for hydroxylation is 1. The van der Waals surface area contributed by atoms with Gasteiger partial charge in [0.05, 0.1) is 18.2 Å². The summed E-state index contributed by atoms with van der Waals surface area (Å²) in [6.45, 7) is 3.77. The summed E-state index contributed by atoms with van der Waals surface area (Å²) in [6, 6.07) is 15.7. The van der Waals surface area contributed by atoms with E-state index in [1.807, 2.05) is 0 Å². The van der Waals surface area contributed by atoms with Crippen LogP contribution in [0.3, 0.4) is 0 Å². The maximum absolute atomic E-state index is 14.4. The second kappa shape index (κ2) is 13.8. The number of carboxylic acid groups (broad SMARTS) is 1. The molecule has 1 aliphatic heterocycles. The van der Waals surface area contributed by atoms with Gasteiger partial charge in [-0.3, -0.25) is 9.69 Å². The van der Waals surface area contributed by atoms with Crippen LogP contribution in [0.15, 0.2) is 66.7 Å². The van der Waals surface area contributed by atoms with Crippen molar-refractivity contribution in [3.63, 3.8) is 0 Å². The minimum atomic E-state index is -4.96. The van der Waals surface area contributed by atoms with Gasteiger partial charge in [0, 0.05) is 18.5 Å². The van der Waals surface area contributed by atoms with E-state index in [1.54, 1.807) is 55.5 Å². The van der Waals surface area contributed by atoms with Gasteiger partial charge in [0.2, 0.25) is 0 Å². The topological polar surface area (TPSA) is 88.1 Å². The lowest BCUT2D eigenvalue weighted by molar-refractivity contribution is -0.274. The van der Waals surface area contributed by atoms with Gasteiger partial charge in [-0.2, -0.15) is 0 Å². The number of alkyl halides is 3. The Hall–Kier alpha value is -4.64. The van der Waals surface area contributed by atoms with Crippen molar-refractivity contribution >= 4 is 22.6 Å². The average molecular weight is 639 g/mol. The van der Waals surface area contributed by atoms with E-state index in [9.17, 15) is 32.3 Å². The molecule has 4 aromatic rings. The Morgan fingerprint density at radius 3 is 2.30 bits per heavy atom. The number of ether oxygens (including phenoxy) is 2. The van der Waals surface area contributed by atoms with Crippen molar-refractivity contribution < 1.29 is 41.7 Å². The molecule has 0 radical (unpaired) electrons. The monoisotopic (exact) mass is 638 g/mol. The van der Waals surface area contributed by atoms with Crippen LogP contribution >= 0.6 is 0 Å². The number of carboxylic acids is 1. The quantitative estimate of drug-likeness (QED) is 0.178. The molecule has 46 heavy (non-hydrogen) atoms. The van der Waals surface area contributed by atoms with E-state index in [-0.39, 0.29) is 23.3 Å². The van der Waals surface area contributed by atoms with Crippen LogP contribution in [0, 0.1) is 12.7 Å². The number of nitrogens with one attached hydrogen (secondary N) is 1. The molecule has 1 heterocycles. The van der Waals surface area contributed by atoms with Gasteiger partial charge in [0.1, 0.15) is 23.4 Å². The molecule has 5 rings (SSSR count). The number of fused-ring (bicyclic) bond motifs is 1. The van der Waals surface area contributed by atoms with Crippen LogP contribution in [0.2, 0.25) is 0 Å². The summed E-state index contributed by atoms with van der Waals surface area (Å²) in [4.78, 5) is 27.5. The van der Waals surface area contributed by atoms with Gasteiger partial charge in [-0.25, -0.2) is 9.18 Å². The minimum Gasteiger partial charge on any atom is -0.496 e. The first kappa shape index (κ1) is 32.7. The summed E-state index contributed by atoms with van der Waals surface area (Å²) < 4.78 is 65.6. The van der Waals surface area contributed by atoms with Gasteiger partial charge in [-0.05, 0) is 72.5 Å². The molecule has 1 amide bonds. The largest absolute Gasteiger partial charge is 0.573 e. The van der Waals surface area contributed by atoms with E-state index in [1.165, 1.54) is 19.2 Å². The van der Waals surface area contributed by atoms with E-state index in [0.717, 1.165) is 38.4 Å². The Balaban J connectivity index is 1.57. The first-order valence-corrected chi connectivity index (χ1v) is 14.9. The van der Waals surface area contributed by atoms with E-state index in [4.69, 9.17) is 4.74 Å². The number of methoxy groups -OCH3 is 1. The zero-order valence-corrected chi connectivity index (χ0v) is 25.4. The van der Waals surface area contributed by atoms with Crippen molar-refractivity contribution in [3.05, 3.63) is 94.8 Å². The standard InChI is InChI=1S/C35H34F4N2O5/c1-21-9-6-14-27(36)30(21)33(42)40-28(34(43)44)19-22-10-7-12-25-24(22)11-8-13-26(25)31-29(46-35(37,38)39)16-15-23(32(31)45-2)20-41-17-4-3-5-18-41/h6-16,28H,3-5,17-20H2,1-2H3,(H,40,42)(H,43,44)/t28-/m0/s1. The maximum atomic E-state index is 14.4. The molecule has 0 aliphatic carbocycles. The van der Waals surface area contributed by atoms with E-state index in [0.29, 0.717) is 39.6 Å². The van der Waals surface area contributed by atoms with Crippen molar-refractivity contribution in [2.45, 2.75) is 51.6 Å². The van der Waals surface area contributed by atoms with Crippen molar-refractivity contribution in [3.8, 4) is 22.6 Å². The number of nitrogens with zero attached hydrogens (tertiary/aromatic N) is 1. The van der Waals surface area contributed by atoms with Crippen molar-refractivity contribution in [1.82, 2.24) is 10.2 Å². The Kier molecular flexibility index (Phi) is 9.81. The summed E-state index contributed by atoms with van der Waals surface area (Å²) in [6.07, 6.45) is -1.94. The predicted octanol–water partition coefficient (Wildman–Crippen LogP) is 7.27. The van der Waals surface area contributed by atoms with E-state index >= 15 is 0 Å². The highest BCUT2D eigenvalue weighted by Crippen LogP contribution is 2.46. The third kappa shape index (κ3) is 7.25. The van der Waals surface area contributed by atoms with Crippen LogP contribution in [0.5, 0.6) is 11.5 Å². The molecule has 0 saturated carbocycles. The number of hydrogen-bond acceptors (Lipinski definition) is 5. The Morgan fingerprint density at radius 1 is 0.935 bits per heavy atom. The van der Waals surface area contributed by atoms with Gasteiger partial charge >= 0.3 is 12.3 Å². The molecule has 242 valence electrons. The summed E-state index contributed by atoms with van der Waals surface area (Å²) in [5.41, 5.74) is 1.84. The number of amides is 1. The van der Waals surface area contributed by atoms with Crippen LogP contribution in [-0.2, 0) is 17.8 Å². The zero-order valence-electron chi connectivity index (χ0n) is 25.4. The summed E-state index contributed by atoms with van der Waals surface area (Å²) >= 11 is 0. The van der Waals surface area contributed by atoms with Crippen molar-refractivity contribution in [1.29, 1.82) is 0 Å². The van der Waals surface area contributed by atoms with E-state index in [2.05, 4.69) is 15.0 Å². The lowest BCUT2D eigenvalue weighted by Crippen LogP contribution is -2.42. The molecule has 2 N–H and O–H groups in total. The summed E-state index contributed by atoms with van der Waals surface area (Å²) in [5.74, 6) is -3.15. The second-order valence-electron chi connectivity index (χ2n) is 11.3. The molecule has 11 heteroatoms. The maximum Gasteiger partial charge on any atom is 0.573 e. The first-order valence-electron chi connectivity index (χ1n) is 14.9. The fourth-order valence-corrected chi connectivity index (χ4v) is 6.13. The molecular formula is C35H34F4N2O5. The lowest BCUT2D eigenvalue weighted by atomic mass is 9.91. The summed E-state index contributed by atoms with van der Waals surface area (Å²) in [7, 11) is 1.41. The fraction of sp³-hybridized carbons (Fsp3) is 0.314. The van der Waals surface area contributed by atoms with E-state index < -0.39 is 35.8 Å². The number of carbonyl (C=O) groups is 2. The molecule has 4 aromatic carbocycles. The molecule has 0 bridgehead atoms. The number of carbonyl (C=O) groups excluding carboxylic acids is 1. The molecule has 7 nitrogen and oxygen atoms in total. The Bertz CT molecular complexity index is 1730. The lowest BCUT2D eigenvalue weighted by Gasteiger charge is -2.28. The normalized spacial score (nSPS) is 14.6. The third-order valence-electron chi connectivity index (χ3n) is 8.23. The second-order valence-corrected chi connectivity index (χ2v) is 11.3. The number of likely N-dealkylation sites (tertiary alicyclic amines) is 1.